The lowest BCUT2D eigenvalue weighted by molar-refractivity contribution is 0.152. The molecule has 1 saturated heterocycles. The summed E-state index contributed by atoms with van der Waals surface area (Å²) < 4.78 is 5.03. The molecule has 1 amide bonds. The molecule has 2 N–H and O–H groups in total. The van der Waals surface area contributed by atoms with Crippen LogP contribution < -0.4 is 5.73 Å². The topological polar surface area (TPSA) is 55.6 Å². The van der Waals surface area contributed by atoms with E-state index < -0.39 is 0 Å². The zero-order chi connectivity index (χ0) is 10.7. The minimum Gasteiger partial charge on any atom is -0.447 e. The Labute approximate surface area is 85.4 Å². The molecule has 0 aromatic rings. The number of hydrogen-bond donors (Lipinski definition) is 1. The van der Waals surface area contributed by atoms with Gasteiger partial charge in [-0.05, 0) is 18.4 Å². The van der Waals surface area contributed by atoms with Crippen molar-refractivity contribution in [3.05, 3.63) is 0 Å². The highest BCUT2D eigenvalue weighted by Crippen LogP contribution is 2.20. The summed E-state index contributed by atoms with van der Waals surface area (Å²) in [6, 6.07) is 0.219. The monoisotopic (exact) mass is 200 g/mol. The predicted octanol–water partition coefficient (Wildman–Crippen LogP) is 1.06. The molecule has 0 aromatic carbocycles. The van der Waals surface area contributed by atoms with Crippen molar-refractivity contribution in [1.82, 2.24) is 4.90 Å². The zero-order valence-electron chi connectivity index (χ0n) is 9.19. The number of amides is 1. The van der Waals surface area contributed by atoms with Gasteiger partial charge in [-0.15, -0.1) is 0 Å². The number of carbonyl (C=O) groups excluding carboxylic acids is 1. The van der Waals surface area contributed by atoms with Gasteiger partial charge in [-0.2, -0.15) is 0 Å². The number of carbonyl (C=O) groups is 1. The van der Waals surface area contributed by atoms with Crippen molar-refractivity contribution in [3.63, 3.8) is 0 Å². The maximum Gasteiger partial charge on any atom is 0.410 e. The van der Waals surface area contributed by atoms with E-state index in [2.05, 4.69) is 13.8 Å². The Kier molecular flexibility index (Phi) is 3.75. The Bertz CT molecular complexity index is 206. The summed E-state index contributed by atoms with van der Waals surface area (Å²) in [6.07, 6.45) is -0.191. The van der Waals surface area contributed by atoms with E-state index in [4.69, 9.17) is 10.5 Å². The van der Waals surface area contributed by atoms with E-state index in [1.54, 1.807) is 0 Å². The molecule has 82 valence electrons. The van der Waals surface area contributed by atoms with Gasteiger partial charge in [-0.25, -0.2) is 4.79 Å². The van der Waals surface area contributed by atoms with Crippen molar-refractivity contribution in [1.29, 1.82) is 0 Å². The van der Waals surface area contributed by atoms with Gasteiger partial charge in [0.2, 0.25) is 0 Å². The van der Waals surface area contributed by atoms with Crippen LogP contribution in [0, 0.1) is 11.8 Å². The molecule has 2 unspecified atom stereocenters. The maximum absolute atomic E-state index is 11.4. The fourth-order valence-corrected chi connectivity index (χ4v) is 1.64. The third kappa shape index (κ3) is 2.38. The number of hydrogen-bond acceptors (Lipinski definition) is 3. The van der Waals surface area contributed by atoms with Gasteiger partial charge in [-0.1, -0.05) is 20.8 Å². The molecule has 1 fully saturated rings. The number of cyclic esters (lactones) is 1. The number of rotatable bonds is 4. The molecule has 0 radical (unpaired) electrons. The third-order valence-electron chi connectivity index (χ3n) is 2.69. The Balaban J connectivity index is 2.58. The van der Waals surface area contributed by atoms with Crippen molar-refractivity contribution < 1.29 is 9.53 Å². The maximum atomic E-state index is 11.4. The highest BCUT2D eigenvalue weighted by atomic mass is 16.6. The molecule has 0 aliphatic carbocycles. The average Bonchev–Trinajstić information content (AvgIpc) is 2.48. The molecule has 0 aromatic heterocycles. The molecule has 14 heavy (non-hydrogen) atoms. The van der Waals surface area contributed by atoms with Crippen LogP contribution in [0.3, 0.4) is 0 Å². The first-order valence-corrected chi connectivity index (χ1v) is 5.19. The number of nitrogens with two attached hydrogens (primary N) is 1. The molecule has 4 nitrogen and oxygen atoms in total. The first-order valence-electron chi connectivity index (χ1n) is 5.19. The van der Waals surface area contributed by atoms with Crippen molar-refractivity contribution in [2.45, 2.75) is 26.8 Å². The highest BCUT2D eigenvalue weighted by molar-refractivity contribution is 5.70. The van der Waals surface area contributed by atoms with Gasteiger partial charge in [0.15, 0.2) is 0 Å². The van der Waals surface area contributed by atoms with Gasteiger partial charge in [0, 0.05) is 6.54 Å². The highest BCUT2D eigenvalue weighted by Gasteiger charge is 2.35. The summed E-state index contributed by atoms with van der Waals surface area (Å²) in [5.41, 5.74) is 5.54. The second-order valence-electron chi connectivity index (χ2n) is 4.38. The quantitative estimate of drug-likeness (QED) is 0.738. The third-order valence-corrected chi connectivity index (χ3v) is 2.69. The Hall–Kier alpha value is -0.770. The molecule has 1 aliphatic rings. The summed E-state index contributed by atoms with van der Waals surface area (Å²) in [4.78, 5) is 13.2. The van der Waals surface area contributed by atoms with Crippen LogP contribution in [0.2, 0.25) is 0 Å². The van der Waals surface area contributed by atoms with Crippen LogP contribution in [0.4, 0.5) is 4.79 Å². The van der Waals surface area contributed by atoms with E-state index in [0.717, 1.165) is 0 Å². The van der Waals surface area contributed by atoms with Crippen molar-refractivity contribution in [3.8, 4) is 0 Å². The molecule has 2 atom stereocenters. The SMILES string of the molecule is CC(CN)CN1C(=O)OCC1C(C)C. The largest absolute Gasteiger partial charge is 0.447 e. The minimum atomic E-state index is -0.191. The summed E-state index contributed by atoms with van der Waals surface area (Å²) >= 11 is 0. The van der Waals surface area contributed by atoms with Crippen LogP contribution in [0.1, 0.15) is 20.8 Å². The summed E-state index contributed by atoms with van der Waals surface area (Å²) in [5, 5.41) is 0. The van der Waals surface area contributed by atoms with Crippen molar-refractivity contribution >= 4 is 6.09 Å². The first-order chi connectivity index (χ1) is 6.56. The van der Waals surface area contributed by atoms with Crippen LogP contribution in [-0.4, -0.2) is 36.7 Å². The molecule has 0 saturated carbocycles. The van der Waals surface area contributed by atoms with Crippen LogP contribution in [0.5, 0.6) is 0 Å². The van der Waals surface area contributed by atoms with Crippen LogP contribution in [-0.2, 0) is 4.74 Å². The molecule has 1 heterocycles. The zero-order valence-corrected chi connectivity index (χ0v) is 9.19. The molecule has 4 heteroatoms. The average molecular weight is 200 g/mol. The van der Waals surface area contributed by atoms with E-state index >= 15 is 0 Å². The van der Waals surface area contributed by atoms with E-state index in [9.17, 15) is 4.79 Å². The van der Waals surface area contributed by atoms with E-state index in [-0.39, 0.29) is 12.1 Å². The standard InChI is InChI=1S/C10H20N2O2/c1-7(2)9-6-14-10(13)12(9)5-8(3)4-11/h7-9H,4-6,11H2,1-3H3. The predicted molar refractivity (Wildman–Crippen MR) is 54.9 cm³/mol. The summed E-state index contributed by atoms with van der Waals surface area (Å²) in [5.74, 6) is 0.772. The van der Waals surface area contributed by atoms with Crippen LogP contribution >= 0.6 is 0 Å². The fraction of sp³-hybridized carbons (Fsp3) is 0.900. The number of nitrogens with zero attached hydrogens (tertiary/aromatic N) is 1. The molecule has 0 spiro atoms. The normalized spacial score (nSPS) is 24.2. The Morgan fingerprint density at radius 1 is 1.57 bits per heavy atom. The lowest BCUT2D eigenvalue weighted by Crippen LogP contribution is -2.41. The van der Waals surface area contributed by atoms with E-state index in [1.807, 2.05) is 11.8 Å². The lowest BCUT2D eigenvalue weighted by Gasteiger charge is -2.26. The smallest absolute Gasteiger partial charge is 0.410 e. The Morgan fingerprint density at radius 2 is 2.21 bits per heavy atom. The van der Waals surface area contributed by atoms with Crippen molar-refractivity contribution in [2.75, 3.05) is 19.7 Å². The Morgan fingerprint density at radius 3 is 2.71 bits per heavy atom. The molecule has 1 rings (SSSR count). The lowest BCUT2D eigenvalue weighted by atomic mass is 10.0. The van der Waals surface area contributed by atoms with Crippen molar-refractivity contribution in [2.24, 2.45) is 17.6 Å². The molecule has 1 aliphatic heterocycles. The van der Waals surface area contributed by atoms with Gasteiger partial charge in [0.1, 0.15) is 6.61 Å². The van der Waals surface area contributed by atoms with Gasteiger partial charge >= 0.3 is 6.09 Å². The second-order valence-corrected chi connectivity index (χ2v) is 4.38. The first kappa shape index (κ1) is 11.3. The summed E-state index contributed by atoms with van der Waals surface area (Å²) in [7, 11) is 0. The fourth-order valence-electron chi connectivity index (χ4n) is 1.64. The van der Waals surface area contributed by atoms with Crippen LogP contribution in [0.15, 0.2) is 0 Å². The minimum absolute atomic E-state index is 0.191. The van der Waals surface area contributed by atoms with Gasteiger partial charge in [0.05, 0.1) is 6.04 Å². The van der Waals surface area contributed by atoms with E-state index in [0.29, 0.717) is 31.5 Å². The van der Waals surface area contributed by atoms with Crippen LogP contribution in [0.25, 0.3) is 0 Å². The molecule has 0 bridgehead atoms. The van der Waals surface area contributed by atoms with Gasteiger partial charge in [0.25, 0.3) is 0 Å². The van der Waals surface area contributed by atoms with Gasteiger partial charge in [-0.3, -0.25) is 0 Å². The number of ether oxygens (including phenoxy) is 1. The second kappa shape index (κ2) is 4.64. The van der Waals surface area contributed by atoms with E-state index in [1.165, 1.54) is 0 Å². The molecular formula is C10H20N2O2. The molecular weight excluding hydrogens is 180 g/mol. The summed E-state index contributed by atoms with van der Waals surface area (Å²) in [6.45, 7) is 8.09. The van der Waals surface area contributed by atoms with Gasteiger partial charge < -0.3 is 15.4 Å².